The average molecular weight is 404 g/mol. The second-order valence-electron chi connectivity index (χ2n) is 7.59. The number of quaternary nitrogens is 1. The molecule has 0 heterocycles. The van der Waals surface area contributed by atoms with Crippen molar-refractivity contribution in [1.82, 2.24) is 0 Å². The predicted molar refractivity (Wildman–Crippen MR) is 117 cm³/mol. The molecule has 0 aromatic heterocycles. The van der Waals surface area contributed by atoms with E-state index in [1.165, 1.54) is 23.3 Å². The van der Waals surface area contributed by atoms with Crippen molar-refractivity contribution in [2.24, 2.45) is 0 Å². The van der Waals surface area contributed by atoms with Crippen molar-refractivity contribution < 1.29 is 19.2 Å². The van der Waals surface area contributed by atoms with E-state index in [-0.39, 0.29) is 5.91 Å². The first kappa shape index (κ1) is 20.0. The van der Waals surface area contributed by atoms with Crippen molar-refractivity contribution in [2.45, 2.75) is 25.4 Å². The Hall–Kier alpha value is -3.31. The minimum absolute atomic E-state index is 0.00507. The molecule has 4 rings (SSSR count). The fourth-order valence-electron chi connectivity index (χ4n) is 3.52. The summed E-state index contributed by atoms with van der Waals surface area (Å²) in [5.41, 5.74) is 1.89. The molecule has 1 amide bonds. The van der Waals surface area contributed by atoms with E-state index in [0.717, 1.165) is 18.0 Å². The summed E-state index contributed by atoms with van der Waals surface area (Å²) in [7, 11) is 1.67. The quantitative estimate of drug-likeness (QED) is 0.573. The molecule has 1 aliphatic rings. The Labute approximate surface area is 177 Å². The largest absolute Gasteiger partial charge is 0.497 e. The van der Waals surface area contributed by atoms with Gasteiger partial charge in [-0.3, -0.25) is 4.79 Å². The number of para-hydroxylation sites is 3. The molecule has 0 saturated heterocycles. The van der Waals surface area contributed by atoms with Crippen LogP contribution >= 0.6 is 0 Å². The Morgan fingerprint density at radius 2 is 1.63 bits per heavy atom. The number of benzene rings is 3. The van der Waals surface area contributed by atoms with E-state index >= 15 is 0 Å². The number of rotatable bonds is 9. The monoisotopic (exact) mass is 403 g/mol. The maximum Gasteiger partial charge on any atom is 0.279 e. The number of carbonyl (C=O) groups is 1. The lowest BCUT2D eigenvalue weighted by molar-refractivity contribution is -0.916. The van der Waals surface area contributed by atoms with Crippen LogP contribution in [0.5, 0.6) is 17.2 Å². The van der Waals surface area contributed by atoms with Crippen LogP contribution in [0.1, 0.15) is 18.4 Å². The molecule has 0 spiro atoms. The van der Waals surface area contributed by atoms with Gasteiger partial charge in [-0.1, -0.05) is 30.3 Å². The van der Waals surface area contributed by atoms with Crippen LogP contribution in [0.2, 0.25) is 0 Å². The SMILES string of the molecule is COc1ccc(C[NH+](CC(=O)Nc2ccccc2Oc2ccccc2)C2CC2)cc1. The number of ether oxygens (including phenoxy) is 2. The molecule has 5 heteroatoms. The molecular weight excluding hydrogens is 376 g/mol. The zero-order valence-electron chi connectivity index (χ0n) is 17.1. The molecule has 1 atom stereocenters. The topological polar surface area (TPSA) is 52.0 Å². The number of anilines is 1. The molecule has 1 aliphatic carbocycles. The highest BCUT2D eigenvalue weighted by Crippen LogP contribution is 2.29. The van der Waals surface area contributed by atoms with Crippen molar-refractivity contribution in [3.8, 4) is 17.2 Å². The number of methoxy groups -OCH3 is 1. The first-order valence-electron chi connectivity index (χ1n) is 10.3. The summed E-state index contributed by atoms with van der Waals surface area (Å²) < 4.78 is 11.2. The lowest BCUT2D eigenvalue weighted by Gasteiger charge is -2.19. The van der Waals surface area contributed by atoms with Crippen molar-refractivity contribution >= 4 is 11.6 Å². The van der Waals surface area contributed by atoms with Crippen molar-refractivity contribution in [3.05, 3.63) is 84.4 Å². The summed E-state index contributed by atoms with van der Waals surface area (Å²) in [5.74, 6) is 2.22. The number of hydrogen-bond acceptors (Lipinski definition) is 3. The molecule has 3 aromatic rings. The van der Waals surface area contributed by atoms with Gasteiger partial charge in [0.05, 0.1) is 18.8 Å². The van der Waals surface area contributed by atoms with Gasteiger partial charge in [0.2, 0.25) is 0 Å². The van der Waals surface area contributed by atoms with Crippen molar-refractivity contribution in [1.29, 1.82) is 0 Å². The van der Waals surface area contributed by atoms with Crippen molar-refractivity contribution in [2.75, 3.05) is 19.0 Å². The van der Waals surface area contributed by atoms with Crippen LogP contribution in [0.3, 0.4) is 0 Å². The molecule has 0 radical (unpaired) electrons. The summed E-state index contributed by atoms with van der Waals surface area (Å²) >= 11 is 0. The molecule has 2 N–H and O–H groups in total. The first-order chi connectivity index (χ1) is 14.7. The van der Waals surface area contributed by atoms with Gasteiger partial charge >= 0.3 is 0 Å². The highest BCUT2D eigenvalue weighted by molar-refractivity contribution is 5.93. The lowest BCUT2D eigenvalue weighted by atomic mass is 10.2. The smallest absolute Gasteiger partial charge is 0.279 e. The highest BCUT2D eigenvalue weighted by atomic mass is 16.5. The van der Waals surface area contributed by atoms with Crippen LogP contribution in [-0.4, -0.2) is 25.6 Å². The molecule has 1 unspecified atom stereocenters. The van der Waals surface area contributed by atoms with Gasteiger partial charge in [-0.25, -0.2) is 0 Å². The first-order valence-corrected chi connectivity index (χ1v) is 10.3. The maximum atomic E-state index is 12.8. The fraction of sp³-hybridized carbons (Fsp3) is 0.240. The zero-order valence-corrected chi connectivity index (χ0v) is 17.1. The summed E-state index contributed by atoms with van der Waals surface area (Å²) in [6, 6.07) is 25.8. The van der Waals surface area contributed by atoms with E-state index in [9.17, 15) is 4.79 Å². The summed E-state index contributed by atoms with van der Waals surface area (Å²) in [6.07, 6.45) is 2.35. The third-order valence-electron chi connectivity index (χ3n) is 5.26. The van der Waals surface area contributed by atoms with E-state index < -0.39 is 0 Å². The van der Waals surface area contributed by atoms with Gasteiger partial charge < -0.3 is 19.7 Å². The minimum Gasteiger partial charge on any atom is -0.497 e. The Bertz CT molecular complexity index is 969. The predicted octanol–water partition coefficient (Wildman–Crippen LogP) is 3.67. The third-order valence-corrected chi connectivity index (χ3v) is 5.26. The van der Waals surface area contributed by atoms with Crippen molar-refractivity contribution in [3.63, 3.8) is 0 Å². The van der Waals surface area contributed by atoms with E-state index in [4.69, 9.17) is 9.47 Å². The highest BCUT2D eigenvalue weighted by Gasteiger charge is 2.34. The molecule has 30 heavy (non-hydrogen) atoms. The maximum absolute atomic E-state index is 12.8. The summed E-state index contributed by atoms with van der Waals surface area (Å²) in [6.45, 7) is 1.25. The van der Waals surface area contributed by atoms with E-state index in [1.807, 2.05) is 66.7 Å². The minimum atomic E-state index is -0.00507. The van der Waals surface area contributed by atoms with Crippen LogP contribution in [-0.2, 0) is 11.3 Å². The number of amides is 1. The summed E-state index contributed by atoms with van der Waals surface area (Å²) in [4.78, 5) is 14.1. The Morgan fingerprint density at radius 3 is 2.33 bits per heavy atom. The normalized spacial score (nSPS) is 14.0. The van der Waals surface area contributed by atoms with Crippen LogP contribution in [0, 0.1) is 0 Å². The van der Waals surface area contributed by atoms with Gasteiger partial charge in [-0.15, -0.1) is 0 Å². The van der Waals surface area contributed by atoms with Crippen LogP contribution in [0.15, 0.2) is 78.9 Å². The fourth-order valence-corrected chi connectivity index (χ4v) is 3.52. The number of nitrogens with one attached hydrogen (secondary N) is 2. The molecular formula is C25H27N2O3+. The molecule has 1 fully saturated rings. The lowest BCUT2D eigenvalue weighted by Crippen LogP contribution is -3.13. The number of carbonyl (C=O) groups excluding carboxylic acids is 1. The van der Waals surface area contributed by atoms with Gasteiger partial charge in [-0.05, 0) is 48.5 Å². The molecule has 0 aliphatic heterocycles. The summed E-state index contributed by atoms with van der Waals surface area (Å²) in [5, 5.41) is 3.04. The van der Waals surface area contributed by atoms with Gasteiger partial charge in [0, 0.05) is 18.4 Å². The molecule has 0 bridgehead atoms. The van der Waals surface area contributed by atoms with Gasteiger partial charge in [-0.2, -0.15) is 0 Å². The van der Waals surface area contributed by atoms with E-state index in [2.05, 4.69) is 17.4 Å². The number of hydrogen-bond donors (Lipinski definition) is 2. The van der Waals surface area contributed by atoms with Crippen LogP contribution in [0.25, 0.3) is 0 Å². The molecule has 3 aromatic carbocycles. The van der Waals surface area contributed by atoms with Gasteiger partial charge in [0.25, 0.3) is 5.91 Å². The van der Waals surface area contributed by atoms with E-state index in [0.29, 0.717) is 24.0 Å². The molecule has 154 valence electrons. The average Bonchev–Trinajstić information content (AvgIpc) is 3.61. The second kappa shape index (κ2) is 9.46. The third kappa shape index (κ3) is 5.39. The van der Waals surface area contributed by atoms with Gasteiger partial charge in [0.1, 0.15) is 18.0 Å². The van der Waals surface area contributed by atoms with Crippen LogP contribution in [0.4, 0.5) is 5.69 Å². The van der Waals surface area contributed by atoms with Crippen LogP contribution < -0.4 is 19.7 Å². The molecule has 5 nitrogen and oxygen atoms in total. The zero-order chi connectivity index (χ0) is 20.8. The van der Waals surface area contributed by atoms with E-state index in [1.54, 1.807) is 7.11 Å². The Balaban J connectivity index is 1.40. The standard InChI is InChI=1S/C25H26N2O3/c1-29-21-15-11-19(12-16-21)17-27(20-13-14-20)18-25(28)26-23-9-5-6-10-24(23)30-22-7-3-2-4-8-22/h2-12,15-16,20H,13-14,17-18H2,1H3,(H,26,28)/p+1. The second-order valence-corrected chi connectivity index (χ2v) is 7.59. The Morgan fingerprint density at radius 1 is 0.933 bits per heavy atom. The Kier molecular flexibility index (Phi) is 6.30. The van der Waals surface area contributed by atoms with Gasteiger partial charge in [0.15, 0.2) is 12.3 Å². The molecule has 1 saturated carbocycles.